The minimum Gasteiger partial charge on any atom is -0.376 e. The lowest BCUT2D eigenvalue weighted by atomic mass is 10.0. The predicted molar refractivity (Wildman–Crippen MR) is 91.7 cm³/mol. The number of methoxy groups -OCH3 is 1. The highest BCUT2D eigenvalue weighted by Gasteiger charge is 2.64. The number of aromatic nitrogens is 4. The zero-order valence-electron chi connectivity index (χ0n) is 14.7. The second-order valence-corrected chi connectivity index (χ2v) is 8.16. The van der Waals surface area contributed by atoms with Gasteiger partial charge in [0.2, 0.25) is 0 Å². The van der Waals surface area contributed by atoms with Crippen LogP contribution in [-0.2, 0) is 18.3 Å². The molecule has 5 nitrogen and oxygen atoms in total. The van der Waals surface area contributed by atoms with Gasteiger partial charge < -0.3 is 9.30 Å². The monoisotopic (exact) mass is 326 g/mol. The van der Waals surface area contributed by atoms with Crippen molar-refractivity contribution in [3.63, 3.8) is 0 Å². The van der Waals surface area contributed by atoms with Crippen molar-refractivity contribution in [1.29, 1.82) is 0 Å². The van der Waals surface area contributed by atoms with Crippen LogP contribution in [0, 0.1) is 5.41 Å². The lowest BCUT2D eigenvalue weighted by molar-refractivity contribution is -0.0188. The van der Waals surface area contributed by atoms with Gasteiger partial charge in [-0.3, -0.25) is 4.68 Å². The van der Waals surface area contributed by atoms with E-state index in [4.69, 9.17) is 9.72 Å². The summed E-state index contributed by atoms with van der Waals surface area (Å²) in [6, 6.07) is 2.08. The van der Waals surface area contributed by atoms with E-state index in [-0.39, 0.29) is 5.60 Å². The van der Waals surface area contributed by atoms with Crippen molar-refractivity contribution in [2.75, 3.05) is 7.11 Å². The topological polar surface area (TPSA) is 44.9 Å². The molecule has 24 heavy (non-hydrogen) atoms. The van der Waals surface area contributed by atoms with E-state index in [2.05, 4.69) is 15.7 Å². The predicted octanol–water partition coefficient (Wildman–Crippen LogP) is 3.51. The summed E-state index contributed by atoms with van der Waals surface area (Å²) in [5.41, 5.74) is 4.31. The average Bonchev–Trinajstić information content (AvgIpc) is 3.27. The van der Waals surface area contributed by atoms with Crippen LogP contribution >= 0.6 is 0 Å². The Morgan fingerprint density at radius 2 is 2.04 bits per heavy atom. The van der Waals surface area contributed by atoms with Crippen molar-refractivity contribution < 1.29 is 4.74 Å². The number of nitrogens with zero attached hydrogens (tertiary/aromatic N) is 4. The third-order valence-corrected chi connectivity index (χ3v) is 6.76. The number of rotatable bonds is 5. The highest BCUT2D eigenvalue weighted by molar-refractivity contribution is 5.60. The summed E-state index contributed by atoms with van der Waals surface area (Å²) in [6.07, 6.45) is 12.9. The molecule has 5 heteroatoms. The first kappa shape index (κ1) is 14.7. The summed E-state index contributed by atoms with van der Waals surface area (Å²) in [4.78, 5) is 4.83. The lowest BCUT2D eigenvalue weighted by Gasteiger charge is -2.28. The Labute approximate surface area is 143 Å². The second kappa shape index (κ2) is 4.94. The van der Waals surface area contributed by atoms with Crippen molar-refractivity contribution in [1.82, 2.24) is 19.3 Å². The van der Waals surface area contributed by atoms with Gasteiger partial charge in [0.15, 0.2) is 0 Å². The first-order chi connectivity index (χ1) is 11.7. The fraction of sp³-hybridized carbons (Fsp3) is 0.684. The van der Waals surface area contributed by atoms with Gasteiger partial charge in [0.1, 0.15) is 5.69 Å². The summed E-state index contributed by atoms with van der Waals surface area (Å²) in [6.45, 7) is 0.941. The van der Waals surface area contributed by atoms with E-state index in [0.717, 1.165) is 30.8 Å². The van der Waals surface area contributed by atoms with Crippen LogP contribution in [0.1, 0.15) is 56.6 Å². The third-order valence-electron chi connectivity index (χ3n) is 6.76. The fourth-order valence-electron chi connectivity index (χ4n) is 4.89. The molecule has 1 atom stereocenters. The van der Waals surface area contributed by atoms with Crippen LogP contribution in [0.4, 0.5) is 0 Å². The molecule has 128 valence electrons. The maximum atomic E-state index is 5.98. The number of hydrogen-bond donors (Lipinski definition) is 0. The molecule has 2 aromatic heterocycles. The van der Waals surface area contributed by atoms with Crippen LogP contribution in [-0.4, -0.2) is 32.0 Å². The molecule has 0 amide bonds. The number of hydrogen-bond acceptors (Lipinski definition) is 3. The molecule has 0 unspecified atom stereocenters. The van der Waals surface area contributed by atoms with Gasteiger partial charge in [-0.1, -0.05) is 12.8 Å². The molecule has 0 bridgehead atoms. The Morgan fingerprint density at radius 1 is 1.25 bits per heavy atom. The largest absolute Gasteiger partial charge is 0.376 e. The van der Waals surface area contributed by atoms with Gasteiger partial charge >= 0.3 is 0 Å². The Kier molecular flexibility index (Phi) is 3.03. The molecule has 1 spiro atoms. The molecule has 2 heterocycles. The van der Waals surface area contributed by atoms with Crippen molar-refractivity contribution in [3.05, 3.63) is 24.3 Å². The Hall–Kier alpha value is -1.62. The molecule has 0 saturated heterocycles. The molecule has 0 radical (unpaired) electrons. The highest BCUT2D eigenvalue weighted by atomic mass is 16.5. The standard InChI is InChI=1S/C19H26N4O/c1-22-15(5-10-21-22)16-17(14-11-18(14)8-9-18)23(13-20-16)12-19(24-2)6-3-4-7-19/h5,10,13-14H,3-4,6-9,11-12H2,1-2H3/t14-/m1/s1. The molecule has 2 aromatic rings. The van der Waals surface area contributed by atoms with Crippen LogP contribution in [0.5, 0.6) is 0 Å². The minimum absolute atomic E-state index is 0.00475. The molecule has 0 aromatic carbocycles. The quantitative estimate of drug-likeness (QED) is 0.844. The summed E-state index contributed by atoms with van der Waals surface area (Å²) in [5, 5.41) is 4.35. The van der Waals surface area contributed by atoms with Crippen molar-refractivity contribution >= 4 is 0 Å². The number of aryl methyl sites for hydroxylation is 1. The lowest BCUT2D eigenvalue weighted by Crippen LogP contribution is -2.33. The summed E-state index contributed by atoms with van der Waals surface area (Å²) in [5.74, 6) is 0.681. The van der Waals surface area contributed by atoms with Gasteiger partial charge in [-0.25, -0.2) is 4.98 Å². The highest BCUT2D eigenvalue weighted by Crippen LogP contribution is 2.75. The minimum atomic E-state index is 0.00475. The first-order valence-corrected chi connectivity index (χ1v) is 9.25. The first-order valence-electron chi connectivity index (χ1n) is 9.25. The molecule has 3 aliphatic carbocycles. The number of imidazole rings is 1. The van der Waals surface area contributed by atoms with Gasteiger partial charge in [-0.2, -0.15) is 5.10 Å². The molecule has 0 aliphatic heterocycles. The van der Waals surface area contributed by atoms with Crippen LogP contribution in [0.3, 0.4) is 0 Å². The summed E-state index contributed by atoms with van der Waals surface area (Å²) in [7, 11) is 3.88. The number of ether oxygens (including phenoxy) is 1. The van der Waals surface area contributed by atoms with E-state index in [1.54, 1.807) is 0 Å². The Bertz CT molecular complexity index is 764. The smallest absolute Gasteiger partial charge is 0.110 e. The van der Waals surface area contributed by atoms with Crippen LogP contribution in [0.15, 0.2) is 18.6 Å². The van der Waals surface area contributed by atoms with E-state index >= 15 is 0 Å². The SMILES string of the molecule is COC1(Cn2cnc(-c3ccnn3C)c2[C@H]2CC23CC3)CCCC1. The Balaban J connectivity index is 1.55. The average molecular weight is 326 g/mol. The molecular formula is C19H26N4O. The van der Waals surface area contributed by atoms with Crippen LogP contribution < -0.4 is 0 Å². The molecule has 3 saturated carbocycles. The molecule has 0 N–H and O–H groups in total. The second-order valence-electron chi connectivity index (χ2n) is 8.16. The normalized spacial score (nSPS) is 26.2. The summed E-state index contributed by atoms with van der Waals surface area (Å²) < 4.78 is 10.3. The van der Waals surface area contributed by atoms with E-state index in [1.807, 2.05) is 31.4 Å². The summed E-state index contributed by atoms with van der Waals surface area (Å²) >= 11 is 0. The van der Waals surface area contributed by atoms with Gasteiger partial charge in [0.25, 0.3) is 0 Å². The van der Waals surface area contributed by atoms with E-state index in [9.17, 15) is 0 Å². The molecular weight excluding hydrogens is 300 g/mol. The van der Waals surface area contributed by atoms with Gasteiger partial charge in [0.05, 0.1) is 29.9 Å². The molecule has 5 rings (SSSR count). The van der Waals surface area contributed by atoms with E-state index in [0.29, 0.717) is 11.3 Å². The third kappa shape index (κ3) is 2.10. The fourth-order valence-corrected chi connectivity index (χ4v) is 4.89. The maximum absolute atomic E-state index is 5.98. The van der Waals surface area contributed by atoms with E-state index in [1.165, 1.54) is 37.8 Å². The zero-order valence-corrected chi connectivity index (χ0v) is 14.7. The van der Waals surface area contributed by atoms with Crippen molar-refractivity contribution in [2.24, 2.45) is 12.5 Å². The molecule has 3 fully saturated rings. The van der Waals surface area contributed by atoms with Gasteiger partial charge in [-0.05, 0) is 43.6 Å². The zero-order chi connectivity index (χ0) is 16.4. The van der Waals surface area contributed by atoms with Crippen molar-refractivity contribution in [3.8, 4) is 11.4 Å². The van der Waals surface area contributed by atoms with Crippen LogP contribution in [0.25, 0.3) is 11.4 Å². The Morgan fingerprint density at radius 3 is 2.62 bits per heavy atom. The van der Waals surface area contributed by atoms with Crippen molar-refractivity contribution in [2.45, 2.75) is 63.0 Å². The van der Waals surface area contributed by atoms with Gasteiger partial charge in [-0.15, -0.1) is 0 Å². The molecule has 3 aliphatic rings. The van der Waals surface area contributed by atoms with Crippen LogP contribution in [0.2, 0.25) is 0 Å². The van der Waals surface area contributed by atoms with E-state index < -0.39 is 0 Å². The van der Waals surface area contributed by atoms with Gasteiger partial charge in [0, 0.05) is 26.3 Å². The maximum Gasteiger partial charge on any atom is 0.110 e.